The molecule has 2 aromatic rings. The molecule has 0 aliphatic heterocycles. The third-order valence-corrected chi connectivity index (χ3v) is 4.06. The number of hydrogen-bond donors (Lipinski definition) is 1. The van der Waals surface area contributed by atoms with Crippen LogP contribution < -0.4 is 4.74 Å². The molecule has 2 rings (SSSR count). The Hall–Kier alpha value is -0.840. The number of halogens is 1. The molecule has 4 heteroatoms. The Morgan fingerprint density at radius 1 is 1.29 bits per heavy atom. The van der Waals surface area contributed by atoms with Crippen molar-refractivity contribution >= 4 is 27.3 Å². The summed E-state index contributed by atoms with van der Waals surface area (Å²) in [6.45, 7) is 2.03. The van der Waals surface area contributed by atoms with Gasteiger partial charge >= 0.3 is 0 Å². The number of rotatable bonds is 3. The maximum Gasteiger partial charge on any atom is 0.125 e. The molecule has 1 atom stereocenters. The molecule has 0 radical (unpaired) electrons. The topological polar surface area (TPSA) is 29.5 Å². The van der Waals surface area contributed by atoms with Gasteiger partial charge in [-0.1, -0.05) is 15.9 Å². The van der Waals surface area contributed by atoms with Crippen LogP contribution in [0.2, 0.25) is 0 Å². The van der Waals surface area contributed by atoms with E-state index in [2.05, 4.69) is 15.9 Å². The minimum atomic E-state index is -0.638. The predicted octanol–water partition coefficient (Wildman–Crippen LogP) is 3.91. The first kappa shape index (κ1) is 12.6. The third-order valence-electron chi connectivity index (χ3n) is 2.52. The van der Waals surface area contributed by atoms with Crippen LogP contribution in [-0.2, 0) is 0 Å². The van der Waals surface area contributed by atoms with Crippen LogP contribution in [0.4, 0.5) is 0 Å². The largest absolute Gasteiger partial charge is 0.496 e. The van der Waals surface area contributed by atoms with E-state index in [4.69, 9.17) is 4.74 Å². The zero-order valence-electron chi connectivity index (χ0n) is 9.61. The number of thiophene rings is 1. The lowest BCUT2D eigenvalue weighted by Gasteiger charge is -2.13. The summed E-state index contributed by atoms with van der Waals surface area (Å²) in [4.78, 5) is 2.12. The van der Waals surface area contributed by atoms with Crippen molar-refractivity contribution in [3.63, 3.8) is 0 Å². The highest BCUT2D eigenvalue weighted by Gasteiger charge is 2.17. The van der Waals surface area contributed by atoms with Gasteiger partial charge in [-0.2, -0.15) is 0 Å². The van der Waals surface area contributed by atoms with E-state index in [1.807, 2.05) is 37.3 Å². The molecular weight excluding hydrogens is 300 g/mol. The normalized spacial score (nSPS) is 12.5. The molecule has 0 spiro atoms. The summed E-state index contributed by atoms with van der Waals surface area (Å²) >= 11 is 5.00. The van der Waals surface area contributed by atoms with Crippen LogP contribution in [-0.4, -0.2) is 12.2 Å². The van der Waals surface area contributed by atoms with Crippen molar-refractivity contribution in [3.05, 3.63) is 50.1 Å². The Kier molecular flexibility index (Phi) is 3.86. The molecule has 1 aromatic heterocycles. The molecule has 0 aliphatic carbocycles. The molecule has 0 bridgehead atoms. The molecule has 1 heterocycles. The lowest BCUT2D eigenvalue weighted by molar-refractivity contribution is 0.218. The zero-order chi connectivity index (χ0) is 12.4. The van der Waals surface area contributed by atoms with Gasteiger partial charge in [0.1, 0.15) is 11.9 Å². The fourth-order valence-electron chi connectivity index (χ4n) is 1.67. The summed E-state index contributed by atoms with van der Waals surface area (Å²) < 4.78 is 6.20. The van der Waals surface area contributed by atoms with E-state index < -0.39 is 6.10 Å². The van der Waals surface area contributed by atoms with Gasteiger partial charge in [0.05, 0.1) is 7.11 Å². The SMILES string of the molecule is COc1ccc(Br)cc1C(O)c1ccc(C)s1. The number of benzene rings is 1. The van der Waals surface area contributed by atoms with E-state index in [1.165, 1.54) is 4.88 Å². The van der Waals surface area contributed by atoms with Crippen LogP contribution >= 0.6 is 27.3 Å². The number of aliphatic hydroxyl groups excluding tert-OH is 1. The summed E-state index contributed by atoms with van der Waals surface area (Å²) in [7, 11) is 1.61. The van der Waals surface area contributed by atoms with Gasteiger partial charge in [-0.05, 0) is 37.3 Å². The monoisotopic (exact) mass is 312 g/mol. The van der Waals surface area contributed by atoms with Gasteiger partial charge in [0.2, 0.25) is 0 Å². The Morgan fingerprint density at radius 2 is 2.06 bits per heavy atom. The predicted molar refractivity (Wildman–Crippen MR) is 73.8 cm³/mol. The smallest absolute Gasteiger partial charge is 0.125 e. The van der Waals surface area contributed by atoms with Crippen LogP contribution in [0.5, 0.6) is 5.75 Å². The first-order valence-corrected chi connectivity index (χ1v) is 6.80. The number of ether oxygens (including phenoxy) is 1. The average Bonchev–Trinajstić information content (AvgIpc) is 2.75. The summed E-state index contributed by atoms with van der Waals surface area (Å²) in [5.41, 5.74) is 0.781. The van der Waals surface area contributed by atoms with E-state index in [9.17, 15) is 5.11 Å². The fourth-order valence-corrected chi connectivity index (χ4v) is 2.93. The first-order valence-electron chi connectivity index (χ1n) is 5.19. The van der Waals surface area contributed by atoms with Crippen LogP contribution in [0.3, 0.4) is 0 Å². The van der Waals surface area contributed by atoms with Gasteiger partial charge in [0.15, 0.2) is 0 Å². The Morgan fingerprint density at radius 3 is 2.65 bits per heavy atom. The second kappa shape index (κ2) is 5.21. The number of methoxy groups -OCH3 is 1. The van der Waals surface area contributed by atoms with Gasteiger partial charge < -0.3 is 9.84 Å². The van der Waals surface area contributed by atoms with Crippen molar-refractivity contribution in [2.24, 2.45) is 0 Å². The van der Waals surface area contributed by atoms with Crippen molar-refractivity contribution in [1.82, 2.24) is 0 Å². The van der Waals surface area contributed by atoms with Gasteiger partial charge in [-0.15, -0.1) is 11.3 Å². The lowest BCUT2D eigenvalue weighted by Crippen LogP contribution is -2.00. The second-order valence-corrected chi connectivity index (χ2v) is 5.97. The maximum absolute atomic E-state index is 10.4. The van der Waals surface area contributed by atoms with Gasteiger partial charge in [0, 0.05) is 19.8 Å². The van der Waals surface area contributed by atoms with Crippen molar-refractivity contribution in [2.45, 2.75) is 13.0 Å². The van der Waals surface area contributed by atoms with Gasteiger partial charge in [-0.3, -0.25) is 0 Å². The molecule has 17 heavy (non-hydrogen) atoms. The van der Waals surface area contributed by atoms with Crippen LogP contribution in [0.15, 0.2) is 34.8 Å². The number of hydrogen-bond acceptors (Lipinski definition) is 3. The zero-order valence-corrected chi connectivity index (χ0v) is 12.0. The first-order chi connectivity index (χ1) is 8.11. The summed E-state index contributed by atoms with van der Waals surface area (Å²) in [5, 5.41) is 10.4. The van der Waals surface area contributed by atoms with Crippen molar-refractivity contribution < 1.29 is 9.84 Å². The molecular formula is C13H13BrO2S. The third kappa shape index (κ3) is 2.70. The summed E-state index contributed by atoms with van der Waals surface area (Å²) in [5.74, 6) is 0.701. The van der Waals surface area contributed by atoms with E-state index in [1.54, 1.807) is 18.4 Å². The molecule has 2 nitrogen and oxygen atoms in total. The number of aliphatic hydroxyl groups is 1. The quantitative estimate of drug-likeness (QED) is 0.931. The minimum absolute atomic E-state index is 0.638. The highest BCUT2D eigenvalue weighted by atomic mass is 79.9. The second-order valence-electron chi connectivity index (χ2n) is 3.74. The molecule has 1 aromatic carbocycles. The van der Waals surface area contributed by atoms with Crippen LogP contribution in [0, 0.1) is 6.92 Å². The van der Waals surface area contributed by atoms with E-state index in [0.29, 0.717) is 5.75 Å². The van der Waals surface area contributed by atoms with E-state index in [-0.39, 0.29) is 0 Å². The molecule has 90 valence electrons. The summed E-state index contributed by atoms with van der Waals surface area (Å²) in [6, 6.07) is 9.59. The molecule has 0 amide bonds. The van der Waals surface area contributed by atoms with Crippen molar-refractivity contribution in [3.8, 4) is 5.75 Å². The molecule has 0 fully saturated rings. The lowest BCUT2D eigenvalue weighted by atomic mass is 10.1. The summed E-state index contributed by atoms with van der Waals surface area (Å²) in [6.07, 6.45) is -0.638. The van der Waals surface area contributed by atoms with Crippen molar-refractivity contribution in [1.29, 1.82) is 0 Å². The van der Waals surface area contributed by atoms with Crippen LogP contribution in [0.25, 0.3) is 0 Å². The molecule has 0 aliphatic rings. The van der Waals surface area contributed by atoms with E-state index >= 15 is 0 Å². The van der Waals surface area contributed by atoms with Gasteiger partial charge in [0.25, 0.3) is 0 Å². The minimum Gasteiger partial charge on any atom is -0.496 e. The molecule has 1 N–H and O–H groups in total. The van der Waals surface area contributed by atoms with Gasteiger partial charge in [-0.25, -0.2) is 0 Å². The number of aryl methyl sites for hydroxylation is 1. The highest BCUT2D eigenvalue weighted by molar-refractivity contribution is 9.10. The fraction of sp³-hybridized carbons (Fsp3) is 0.231. The average molecular weight is 313 g/mol. The Bertz CT molecular complexity index is 522. The highest BCUT2D eigenvalue weighted by Crippen LogP contribution is 2.34. The molecule has 0 saturated heterocycles. The van der Waals surface area contributed by atoms with E-state index in [0.717, 1.165) is 14.9 Å². The van der Waals surface area contributed by atoms with Crippen molar-refractivity contribution in [2.75, 3.05) is 7.11 Å². The molecule has 0 saturated carbocycles. The Balaban J connectivity index is 2.42. The maximum atomic E-state index is 10.4. The van der Waals surface area contributed by atoms with Crippen LogP contribution in [0.1, 0.15) is 21.4 Å². The molecule has 1 unspecified atom stereocenters. The standard InChI is InChI=1S/C13H13BrO2S/c1-8-3-6-12(17-8)13(15)10-7-9(14)4-5-11(10)16-2/h3-7,13,15H,1-2H3. The Labute approximate surface area is 113 Å².